The molecule has 3 rings (SSSR count). The van der Waals surface area contributed by atoms with Gasteiger partial charge in [-0.3, -0.25) is 19.3 Å². The molecular formula is C18H28N2O3. The highest BCUT2D eigenvalue weighted by Gasteiger charge is 2.33. The van der Waals surface area contributed by atoms with Gasteiger partial charge in [-0.2, -0.15) is 0 Å². The Kier molecular flexibility index (Phi) is 6.37. The molecule has 0 unspecified atom stereocenters. The molecule has 1 saturated carbocycles. The minimum absolute atomic E-state index is 0.155. The van der Waals surface area contributed by atoms with Gasteiger partial charge in [0.1, 0.15) is 0 Å². The van der Waals surface area contributed by atoms with E-state index in [0.29, 0.717) is 18.4 Å². The second-order valence-electron chi connectivity index (χ2n) is 6.37. The number of hydrogen-bond donors (Lipinski definition) is 0. The third-order valence-corrected chi connectivity index (χ3v) is 4.96. The smallest absolute Gasteiger partial charge is 0.253 e. The summed E-state index contributed by atoms with van der Waals surface area (Å²) in [5, 5.41) is 0. The highest BCUT2D eigenvalue weighted by Crippen LogP contribution is 2.31. The van der Waals surface area contributed by atoms with Crippen molar-refractivity contribution >= 4 is 17.7 Å². The molecule has 2 aliphatic heterocycles. The molecule has 0 N–H and O–H groups in total. The first-order valence-electron chi connectivity index (χ1n) is 8.97. The van der Waals surface area contributed by atoms with Crippen LogP contribution in [0.2, 0.25) is 0 Å². The number of hydrogen-bond acceptors (Lipinski definition) is 3. The van der Waals surface area contributed by atoms with Crippen molar-refractivity contribution in [2.75, 3.05) is 19.6 Å². The van der Waals surface area contributed by atoms with E-state index in [2.05, 4.69) is 0 Å². The lowest BCUT2D eigenvalue weighted by atomic mass is 9.81. The van der Waals surface area contributed by atoms with E-state index in [0.717, 1.165) is 51.6 Å². The zero-order chi connectivity index (χ0) is 16.8. The van der Waals surface area contributed by atoms with Crippen molar-refractivity contribution in [2.45, 2.75) is 52.4 Å². The molecule has 1 aliphatic carbocycles. The molecular weight excluding hydrogens is 292 g/mol. The normalized spacial score (nSPS) is 27.2. The fraction of sp³-hybridized carbons (Fsp3) is 0.722. The first kappa shape index (κ1) is 17.7. The molecule has 23 heavy (non-hydrogen) atoms. The number of carbonyl (C=O) groups excluding carboxylic acids is 3. The van der Waals surface area contributed by atoms with Crippen molar-refractivity contribution in [3.63, 3.8) is 0 Å². The van der Waals surface area contributed by atoms with Crippen molar-refractivity contribution in [2.24, 2.45) is 11.8 Å². The molecule has 5 heteroatoms. The van der Waals surface area contributed by atoms with Crippen molar-refractivity contribution in [1.82, 2.24) is 9.80 Å². The lowest BCUT2D eigenvalue weighted by Crippen LogP contribution is -2.39. The summed E-state index contributed by atoms with van der Waals surface area (Å²) in [6, 6.07) is 0. The molecule has 128 valence electrons. The van der Waals surface area contributed by atoms with E-state index in [4.69, 9.17) is 0 Å². The minimum Gasteiger partial charge on any atom is -0.342 e. The van der Waals surface area contributed by atoms with Gasteiger partial charge in [0.15, 0.2) is 0 Å². The van der Waals surface area contributed by atoms with Gasteiger partial charge in [-0.25, -0.2) is 0 Å². The molecule has 0 aromatic carbocycles. The Morgan fingerprint density at radius 3 is 2.04 bits per heavy atom. The second kappa shape index (κ2) is 8.27. The van der Waals surface area contributed by atoms with E-state index in [1.165, 1.54) is 17.1 Å². The van der Waals surface area contributed by atoms with Gasteiger partial charge in [-0.05, 0) is 44.4 Å². The van der Waals surface area contributed by atoms with Crippen LogP contribution in [0.25, 0.3) is 0 Å². The fourth-order valence-corrected chi connectivity index (χ4v) is 3.66. The number of carbonyl (C=O) groups is 3. The van der Waals surface area contributed by atoms with Crippen LogP contribution >= 0.6 is 0 Å². The number of imide groups is 1. The molecule has 0 aromatic heterocycles. The quantitative estimate of drug-likeness (QED) is 0.750. The van der Waals surface area contributed by atoms with Gasteiger partial charge in [0, 0.05) is 37.7 Å². The highest BCUT2D eigenvalue weighted by molar-refractivity contribution is 6.12. The number of nitrogens with zero attached hydrogens (tertiary/aromatic N) is 2. The van der Waals surface area contributed by atoms with Crippen molar-refractivity contribution in [3.8, 4) is 0 Å². The maximum Gasteiger partial charge on any atom is 0.253 e. The van der Waals surface area contributed by atoms with E-state index in [9.17, 15) is 14.4 Å². The van der Waals surface area contributed by atoms with E-state index >= 15 is 0 Å². The second-order valence-corrected chi connectivity index (χ2v) is 6.37. The zero-order valence-corrected chi connectivity index (χ0v) is 14.3. The Labute approximate surface area is 138 Å². The van der Waals surface area contributed by atoms with E-state index < -0.39 is 0 Å². The van der Waals surface area contributed by atoms with E-state index in [1.807, 2.05) is 18.7 Å². The molecule has 0 spiro atoms. The van der Waals surface area contributed by atoms with E-state index in [-0.39, 0.29) is 17.7 Å². The monoisotopic (exact) mass is 320 g/mol. The lowest BCUT2D eigenvalue weighted by molar-refractivity contribution is -0.139. The maximum atomic E-state index is 12.4. The summed E-state index contributed by atoms with van der Waals surface area (Å²) < 4.78 is 0. The van der Waals surface area contributed by atoms with Crippen LogP contribution in [0.3, 0.4) is 0 Å². The van der Waals surface area contributed by atoms with Gasteiger partial charge < -0.3 is 4.90 Å². The van der Waals surface area contributed by atoms with Gasteiger partial charge in [-0.1, -0.05) is 13.8 Å². The number of rotatable bonds is 3. The molecule has 1 saturated heterocycles. The molecule has 0 aromatic rings. The first-order valence-corrected chi connectivity index (χ1v) is 8.97. The molecule has 0 radical (unpaired) electrons. The third kappa shape index (κ3) is 4.21. The van der Waals surface area contributed by atoms with Gasteiger partial charge in [0.25, 0.3) is 11.8 Å². The average Bonchev–Trinajstić information content (AvgIpc) is 3.23. The molecule has 0 atom stereocenters. The fourth-order valence-electron chi connectivity index (χ4n) is 3.66. The molecule has 2 heterocycles. The van der Waals surface area contributed by atoms with Crippen LogP contribution in [0.4, 0.5) is 0 Å². The van der Waals surface area contributed by atoms with Crippen LogP contribution < -0.4 is 0 Å². The zero-order valence-electron chi connectivity index (χ0n) is 14.3. The average molecular weight is 320 g/mol. The van der Waals surface area contributed by atoms with Gasteiger partial charge >= 0.3 is 0 Å². The lowest BCUT2D eigenvalue weighted by Gasteiger charge is -2.31. The minimum atomic E-state index is -0.199. The summed E-state index contributed by atoms with van der Waals surface area (Å²) in [6.07, 6.45) is 8.59. The van der Waals surface area contributed by atoms with Crippen LogP contribution in [-0.4, -0.2) is 47.2 Å². The Morgan fingerprint density at radius 1 is 1.00 bits per heavy atom. The standard InChI is InChI=1S/C16H22N2O3.C2H6/c19-14-7-8-15(20)18(14)11-12-3-5-13(6-4-12)16(21)17-9-1-2-10-17;1-2/h7-8,12-13H,1-6,9-11H2;1-2H3. The van der Waals surface area contributed by atoms with Crippen molar-refractivity contribution in [3.05, 3.63) is 12.2 Å². The summed E-state index contributed by atoms with van der Waals surface area (Å²) in [5.41, 5.74) is 0. The third-order valence-electron chi connectivity index (χ3n) is 4.96. The van der Waals surface area contributed by atoms with Crippen molar-refractivity contribution < 1.29 is 14.4 Å². The van der Waals surface area contributed by atoms with Crippen LogP contribution in [0.1, 0.15) is 52.4 Å². The summed E-state index contributed by atoms with van der Waals surface area (Å²) in [6.45, 7) is 6.34. The van der Waals surface area contributed by atoms with Crippen LogP contribution in [0, 0.1) is 11.8 Å². The van der Waals surface area contributed by atoms with Crippen LogP contribution in [0.15, 0.2) is 12.2 Å². The van der Waals surface area contributed by atoms with Crippen molar-refractivity contribution in [1.29, 1.82) is 0 Å². The van der Waals surface area contributed by atoms with E-state index in [1.54, 1.807) is 0 Å². The Hall–Kier alpha value is -1.65. The summed E-state index contributed by atoms with van der Waals surface area (Å²) in [7, 11) is 0. The molecule has 3 aliphatic rings. The van der Waals surface area contributed by atoms with Gasteiger partial charge in [0.2, 0.25) is 5.91 Å². The van der Waals surface area contributed by atoms with Crippen LogP contribution in [-0.2, 0) is 14.4 Å². The Balaban J connectivity index is 0.000000924. The topological polar surface area (TPSA) is 57.7 Å². The summed E-state index contributed by atoms with van der Waals surface area (Å²) in [4.78, 5) is 38.8. The molecule has 0 bridgehead atoms. The van der Waals surface area contributed by atoms with Gasteiger partial charge in [-0.15, -0.1) is 0 Å². The molecule has 2 fully saturated rings. The maximum absolute atomic E-state index is 12.4. The summed E-state index contributed by atoms with van der Waals surface area (Å²) >= 11 is 0. The molecule has 5 nitrogen and oxygen atoms in total. The van der Waals surface area contributed by atoms with Crippen LogP contribution in [0.5, 0.6) is 0 Å². The largest absolute Gasteiger partial charge is 0.342 e. The predicted octanol–water partition coefficient (Wildman–Crippen LogP) is 2.37. The Morgan fingerprint density at radius 2 is 1.52 bits per heavy atom. The number of likely N-dealkylation sites (tertiary alicyclic amines) is 1. The summed E-state index contributed by atoms with van der Waals surface area (Å²) in [5.74, 6) is 0.425. The Bertz CT molecular complexity index is 455. The highest BCUT2D eigenvalue weighted by atomic mass is 16.2. The SMILES string of the molecule is CC.O=C(C1CCC(CN2C(=O)C=CC2=O)CC1)N1CCCC1. The van der Waals surface area contributed by atoms with Gasteiger partial charge in [0.05, 0.1) is 0 Å². The number of amides is 3. The first-order chi connectivity index (χ1) is 11.1. The predicted molar refractivity (Wildman–Crippen MR) is 88.5 cm³/mol. The molecule has 3 amide bonds.